The van der Waals surface area contributed by atoms with Gasteiger partial charge in [0.1, 0.15) is 0 Å². The normalized spacial score (nSPS) is 10.4. The summed E-state index contributed by atoms with van der Waals surface area (Å²) in [5.74, 6) is 4.05. The molecule has 94 valence electrons. The van der Waals surface area contributed by atoms with Gasteiger partial charge in [-0.2, -0.15) is 13.2 Å². The third-order valence-corrected chi connectivity index (χ3v) is 1.98. The lowest BCUT2D eigenvalue weighted by Gasteiger charge is -2.09. The van der Waals surface area contributed by atoms with E-state index in [2.05, 4.69) is 11.8 Å². The Morgan fingerprint density at radius 3 is 2.56 bits per heavy atom. The summed E-state index contributed by atoms with van der Waals surface area (Å²) < 4.78 is 37.8. The first-order chi connectivity index (χ1) is 8.34. The Labute approximate surface area is 101 Å². The molecule has 1 aromatic rings. The van der Waals surface area contributed by atoms with E-state index >= 15 is 0 Å². The Hall–Kier alpha value is -2.29. The van der Waals surface area contributed by atoms with Crippen LogP contribution in [0.5, 0.6) is 0 Å². The predicted molar refractivity (Wildman–Crippen MR) is 57.5 cm³/mol. The van der Waals surface area contributed by atoms with Gasteiger partial charge in [0.15, 0.2) is 6.29 Å². The number of primary amides is 1. The van der Waals surface area contributed by atoms with Crippen LogP contribution in [0.15, 0.2) is 18.2 Å². The number of halogens is 3. The Balaban J connectivity index is 3.14. The van der Waals surface area contributed by atoms with Crippen molar-refractivity contribution in [2.75, 3.05) is 0 Å². The Bertz CT molecular complexity index is 538. The van der Waals surface area contributed by atoms with Crippen molar-refractivity contribution in [3.63, 3.8) is 0 Å². The maximum absolute atomic E-state index is 12.6. The molecule has 1 rings (SSSR count). The SMILES string of the molecule is NC(=O)CC#Cc1ccc(C=O)c(C(F)(F)F)c1. The summed E-state index contributed by atoms with van der Waals surface area (Å²) in [6.07, 6.45) is -4.74. The van der Waals surface area contributed by atoms with Crippen molar-refractivity contribution < 1.29 is 22.8 Å². The number of nitrogens with two attached hydrogens (primary N) is 1. The zero-order valence-electron chi connectivity index (χ0n) is 9.04. The summed E-state index contributed by atoms with van der Waals surface area (Å²) >= 11 is 0. The molecule has 0 radical (unpaired) electrons. The highest BCUT2D eigenvalue weighted by molar-refractivity contribution is 5.78. The zero-order chi connectivity index (χ0) is 13.8. The molecule has 0 spiro atoms. The molecule has 0 atom stereocenters. The topological polar surface area (TPSA) is 60.2 Å². The van der Waals surface area contributed by atoms with Gasteiger partial charge in [0.25, 0.3) is 0 Å². The molecule has 0 bridgehead atoms. The van der Waals surface area contributed by atoms with Crippen molar-refractivity contribution in [1.29, 1.82) is 0 Å². The van der Waals surface area contributed by atoms with Gasteiger partial charge in [-0.3, -0.25) is 9.59 Å². The number of benzene rings is 1. The van der Waals surface area contributed by atoms with Crippen LogP contribution in [-0.4, -0.2) is 12.2 Å². The van der Waals surface area contributed by atoms with E-state index in [1.165, 1.54) is 6.07 Å². The second-order valence-electron chi connectivity index (χ2n) is 3.36. The van der Waals surface area contributed by atoms with Crippen LogP contribution < -0.4 is 5.73 Å². The lowest BCUT2D eigenvalue weighted by Crippen LogP contribution is -2.09. The van der Waals surface area contributed by atoms with Gasteiger partial charge in [0, 0.05) is 11.1 Å². The first kappa shape index (κ1) is 13.8. The summed E-state index contributed by atoms with van der Waals surface area (Å²) in [6.45, 7) is 0. The number of alkyl halides is 3. The van der Waals surface area contributed by atoms with Gasteiger partial charge in [-0.25, -0.2) is 0 Å². The molecule has 0 heterocycles. The Morgan fingerprint density at radius 1 is 1.39 bits per heavy atom. The van der Waals surface area contributed by atoms with E-state index in [-0.39, 0.29) is 18.3 Å². The van der Waals surface area contributed by atoms with E-state index in [1.54, 1.807) is 0 Å². The highest BCUT2D eigenvalue weighted by Crippen LogP contribution is 2.31. The van der Waals surface area contributed by atoms with Crippen molar-refractivity contribution in [2.24, 2.45) is 5.73 Å². The smallest absolute Gasteiger partial charge is 0.369 e. The summed E-state index contributed by atoms with van der Waals surface area (Å²) in [7, 11) is 0. The number of aldehydes is 1. The van der Waals surface area contributed by atoms with Gasteiger partial charge in [0.05, 0.1) is 12.0 Å². The predicted octanol–water partition coefficient (Wildman–Crippen LogP) is 1.74. The van der Waals surface area contributed by atoms with Crippen LogP contribution in [0.2, 0.25) is 0 Å². The summed E-state index contributed by atoms with van der Waals surface area (Å²) in [5, 5.41) is 0. The third-order valence-electron chi connectivity index (χ3n) is 1.98. The van der Waals surface area contributed by atoms with E-state index in [0.717, 1.165) is 12.1 Å². The van der Waals surface area contributed by atoms with Crippen molar-refractivity contribution in [2.45, 2.75) is 12.6 Å². The van der Waals surface area contributed by atoms with Crippen LogP contribution in [0, 0.1) is 11.8 Å². The average Bonchev–Trinajstić information content (AvgIpc) is 2.27. The van der Waals surface area contributed by atoms with Crippen LogP contribution in [0.25, 0.3) is 0 Å². The fourth-order valence-corrected chi connectivity index (χ4v) is 1.22. The lowest BCUT2D eigenvalue weighted by atomic mass is 10.0. The number of amides is 1. The monoisotopic (exact) mass is 255 g/mol. The van der Waals surface area contributed by atoms with E-state index in [1.807, 2.05) is 0 Å². The molecule has 1 amide bonds. The molecule has 1 aromatic carbocycles. The van der Waals surface area contributed by atoms with Crippen molar-refractivity contribution in [3.05, 3.63) is 34.9 Å². The van der Waals surface area contributed by atoms with Crippen LogP contribution >= 0.6 is 0 Å². The molecule has 0 unspecified atom stereocenters. The highest BCUT2D eigenvalue weighted by atomic mass is 19.4. The van der Waals surface area contributed by atoms with Crippen molar-refractivity contribution >= 4 is 12.2 Å². The van der Waals surface area contributed by atoms with Gasteiger partial charge < -0.3 is 5.73 Å². The molecule has 2 N–H and O–H groups in total. The van der Waals surface area contributed by atoms with E-state index in [9.17, 15) is 22.8 Å². The Kier molecular flexibility index (Phi) is 4.10. The molecular weight excluding hydrogens is 247 g/mol. The largest absolute Gasteiger partial charge is 0.417 e. The van der Waals surface area contributed by atoms with E-state index < -0.39 is 23.2 Å². The average molecular weight is 255 g/mol. The van der Waals surface area contributed by atoms with Crippen LogP contribution in [0.4, 0.5) is 13.2 Å². The minimum Gasteiger partial charge on any atom is -0.369 e. The summed E-state index contributed by atoms with van der Waals surface area (Å²) in [5.41, 5.74) is 3.39. The van der Waals surface area contributed by atoms with Gasteiger partial charge in [-0.15, -0.1) is 0 Å². The molecule has 0 fully saturated rings. The highest BCUT2D eigenvalue weighted by Gasteiger charge is 2.33. The molecule has 0 aliphatic carbocycles. The van der Waals surface area contributed by atoms with Gasteiger partial charge in [-0.1, -0.05) is 11.8 Å². The maximum Gasteiger partial charge on any atom is 0.417 e. The first-order valence-electron chi connectivity index (χ1n) is 4.78. The number of rotatable bonds is 2. The molecule has 3 nitrogen and oxygen atoms in total. The second kappa shape index (κ2) is 5.36. The van der Waals surface area contributed by atoms with Crippen LogP contribution in [-0.2, 0) is 11.0 Å². The minimum atomic E-state index is -4.63. The van der Waals surface area contributed by atoms with Gasteiger partial charge >= 0.3 is 6.18 Å². The lowest BCUT2D eigenvalue weighted by molar-refractivity contribution is -0.137. The molecule has 0 aliphatic rings. The molecule has 0 saturated carbocycles. The van der Waals surface area contributed by atoms with Crippen molar-refractivity contribution in [1.82, 2.24) is 0 Å². The van der Waals surface area contributed by atoms with Gasteiger partial charge in [-0.05, 0) is 18.2 Å². The minimum absolute atomic E-state index is 0.0641. The summed E-state index contributed by atoms with van der Waals surface area (Å²) in [4.78, 5) is 20.9. The number of hydrogen-bond donors (Lipinski definition) is 1. The molecular formula is C12H8F3NO2. The number of carbonyl (C=O) groups is 2. The first-order valence-corrected chi connectivity index (χ1v) is 4.78. The quantitative estimate of drug-likeness (QED) is 0.646. The second-order valence-corrected chi connectivity index (χ2v) is 3.36. The Morgan fingerprint density at radius 2 is 2.06 bits per heavy atom. The maximum atomic E-state index is 12.6. The fraction of sp³-hybridized carbons (Fsp3) is 0.167. The standard InChI is InChI=1S/C12H8F3NO2/c13-12(14,15)10-6-8(2-1-3-11(16)18)4-5-9(10)7-17/h4-7H,3H2,(H2,16,18). The number of carbonyl (C=O) groups excluding carboxylic acids is 2. The molecule has 0 saturated heterocycles. The zero-order valence-corrected chi connectivity index (χ0v) is 9.04. The molecule has 6 heteroatoms. The van der Waals surface area contributed by atoms with Crippen LogP contribution in [0.1, 0.15) is 27.9 Å². The third kappa shape index (κ3) is 3.63. The van der Waals surface area contributed by atoms with E-state index in [0.29, 0.717) is 0 Å². The summed E-state index contributed by atoms with van der Waals surface area (Å²) in [6, 6.07) is 3.06. The fourth-order valence-electron chi connectivity index (χ4n) is 1.22. The molecule has 18 heavy (non-hydrogen) atoms. The van der Waals surface area contributed by atoms with Gasteiger partial charge in [0.2, 0.25) is 5.91 Å². The molecule has 0 aromatic heterocycles. The molecule has 0 aliphatic heterocycles. The van der Waals surface area contributed by atoms with Crippen molar-refractivity contribution in [3.8, 4) is 11.8 Å². The van der Waals surface area contributed by atoms with E-state index in [4.69, 9.17) is 5.73 Å². The number of hydrogen-bond acceptors (Lipinski definition) is 2. The van der Waals surface area contributed by atoms with Crippen LogP contribution in [0.3, 0.4) is 0 Å².